The summed E-state index contributed by atoms with van der Waals surface area (Å²) in [6, 6.07) is 10.4. The first-order chi connectivity index (χ1) is 11.2. The largest absolute Gasteiger partial charge is 0.494 e. The number of carbonyl (C=O) groups excluding carboxylic acids is 1. The van der Waals surface area contributed by atoms with Crippen molar-refractivity contribution >= 4 is 5.91 Å². The molecule has 4 heteroatoms. The van der Waals surface area contributed by atoms with Crippen molar-refractivity contribution in [3.63, 3.8) is 0 Å². The van der Waals surface area contributed by atoms with E-state index >= 15 is 0 Å². The molecule has 0 unspecified atom stereocenters. The number of benzene rings is 1. The third kappa shape index (κ3) is 4.25. The maximum atomic E-state index is 12.6. The number of amides is 1. The predicted molar refractivity (Wildman–Crippen MR) is 91.5 cm³/mol. The smallest absolute Gasteiger partial charge is 0.225 e. The van der Waals surface area contributed by atoms with Gasteiger partial charge in [0.25, 0.3) is 0 Å². The summed E-state index contributed by atoms with van der Waals surface area (Å²) >= 11 is 0. The molecule has 2 heterocycles. The molecule has 0 aliphatic carbocycles. The maximum absolute atomic E-state index is 12.6. The summed E-state index contributed by atoms with van der Waals surface area (Å²) in [7, 11) is 0. The molecule has 0 aromatic heterocycles. The highest BCUT2D eigenvalue weighted by molar-refractivity contribution is 5.78. The second-order valence-electron chi connectivity index (χ2n) is 6.82. The summed E-state index contributed by atoms with van der Waals surface area (Å²) in [6.45, 7) is 6.90. The van der Waals surface area contributed by atoms with Crippen molar-refractivity contribution in [2.75, 3.05) is 32.8 Å². The van der Waals surface area contributed by atoms with Crippen molar-refractivity contribution in [3.05, 3.63) is 30.3 Å². The second kappa shape index (κ2) is 7.82. The van der Waals surface area contributed by atoms with Crippen LogP contribution in [0.2, 0.25) is 0 Å². The first kappa shape index (κ1) is 16.3. The average Bonchev–Trinajstić information content (AvgIpc) is 3.26. The highest BCUT2D eigenvalue weighted by Gasteiger charge is 2.32. The van der Waals surface area contributed by atoms with Gasteiger partial charge in [0, 0.05) is 25.0 Å². The third-order valence-electron chi connectivity index (χ3n) is 5.12. The molecule has 0 bridgehead atoms. The molecule has 2 fully saturated rings. The van der Waals surface area contributed by atoms with Crippen LogP contribution in [-0.4, -0.2) is 54.5 Å². The first-order valence-corrected chi connectivity index (χ1v) is 8.95. The van der Waals surface area contributed by atoms with Crippen molar-refractivity contribution in [1.82, 2.24) is 9.80 Å². The molecule has 2 saturated heterocycles. The van der Waals surface area contributed by atoms with Crippen LogP contribution in [0.3, 0.4) is 0 Å². The highest BCUT2D eigenvalue weighted by Crippen LogP contribution is 2.22. The molecule has 1 aromatic rings. The van der Waals surface area contributed by atoms with Gasteiger partial charge < -0.3 is 9.64 Å². The number of nitrogens with zero attached hydrogens (tertiary/aromatic N) is 2. The van der Waals surface area contributed by atoms with Crippen LogP contribution in [0.5, 0.6) is 5.75 Å². The highest BCUT2D eigenvalue weighted by atomic mass is 16.5. The van der Waals surface area contributed by atoms with Gasteiger partial charge in [-0.25, -0.2) is 0 Å². The van der Waals surface area contributed by atoms with Crippen LogP contribution in [0.1, 0.15) is 32.6 Å². The lowest BCUT2D eigenvalue weighted by molar-refractivity contribution is -0.134. The van der Waals surface area contributed by atoms with E-state index in [9.17, 15) is 4.79 Å². The lowest BCUT2D eigenvalue weighted by atomic mass is 10.1. The summed E-state index contributed by atoms with van der Waals surface area (Å²) in [5, 5.41) is 0. The van der Waals surface area contributed by atoms with Crippen LogP contribution >= 0.6 is 0 Å². The molecule has 1 amide bonds. The van der Waals surface area contributed by atoms with Gasteiger partial charge in [0.2, 0.25) is 5.91 Å². The van der Waals surface area contributed by atoms with Crippen molar-refractivity contribution in [2.45, 2.75) is 38.6 Å². The zero-order valence-corrected chi connectivity index (χ0v) is 14.1. The molecule has 0 radical (unpaired) electrons. The quantitative estimate of drug-likeness (QED) is 0.809. The molecule has 0 saturated carbocycles. The van der Waals surface area contributed by atoms with Crippen LogP contribution in [0, 0.1) is 5.92 Å². The number of para-hydroxylation sites is 1. The summed E-state index contributed by atoms with van der Waals surface area (Å²) in [6.07, 6.45) is 4.55. The Morgan fingerprint density at radius 1 is 1.22 bits per heavy atom. The monoisotopic (exact) mass is 316 g/mol. The molecule has 0 N–H and O–H groups in total. The minimum absolute atomic E-state index is 0.0380. The molecule has 0 spiro atoms. The average molecular weight is 316 g/mol. The van der Waals surface area contributed by atoms with E-state index in [1.165, 1.54) is 25.9 Å². The van der Waals surface area contributed by atoms with E-state index in [2.05, 4.69) is 9.80 Å². The van der Waals surface area contributed by atoms with Gasteiger partial charge in [0.05, 0.1) is 6.61 Å². The zero-order chi connectivity index (χ0) is 16.1. The maximum Gasteiger partial charge on any atom is 0.225 e. The van der Waals surface area contributed by atoms with E-state index in [4.69, 9.17) is 4.74 Å². The Bertz CT molecular complexity index is 499. The molecular formula is C19H28N2O2. The van der Waals surface area contributed by atoms with Gasteiger partial charge >= 0.3 is 0 Å². The molecule has 23 heavy (non-hydrogen) atoms. The number of ether oxygens (including phenoxy) is 1. The minimum Gasteiger partial charge on any atom is -0.494 e. The van der Waals surface area contributed by atoms with Gasteiger partial charge in [-0.05, 0) is 50.9 Å². The van der Waals surface area contributed by atoms with Gasteiger partial charge in [-0.2, -0.15) is 0 Å². The standard InChI is InChI=1S/C19H28N2O2/c1-16(10-14-23-18-7-3-2-4-8-18)19(22)21-13-9-17(15-21)20-11-5-6-12-20/h2-4,7-8,16-17H,5-6,9-15H2,1H3/t16-,17-/m1/s1. The Morgan fingerprint density at radius 2 is 1.96 bits per heavy atom. The Balaban J connectivity index is 1.41. The minimum atomic E-state index is 0.0380. The lowest BCUT2D eigenvalue weighted by Crippen LogP contribution is -2.39. The predicted octanol–water partition coefficient (Wildman–Crippen LogP) is 2.79. The fraction of sp³-hybridized carbons (Fsp3) is 0.632. The summed E-state index contributed by atoms with van der Waals surface area (Å²) < 4.78 is 5.71. The van der Waals surface area contributed by atoms with E-state index in [0.29, 0.717) is 18.6 Å². The van der Waals surface area contributed by atoms with E-state index in [0.717, 1.165) is 31.7 Å². The molecule has 2 aliphatic heterocycles. The Kier molecular flexibility index (Phi) is 5.55. The number of carbonyl (C=O) groups is 1. The molecular weight excluding hydrogens is 288 g/mol. The van der Waals surface area contributed by atoms with Gasteiger partial charge in [0.15, 0.2) is 0 Å². The van der Waals surface area contributed by atoms with Crippen LogP contribution in [-0.2, 0) is 4.79 Å². The van der Waals surface area contributed by atoms with Crippen LogP contribution in [0.4, 0.5) is 0 Å². The lowest BCUT2D eigenvalue weighted by Gasteiger charge is -2.25. The number of rotatable bonds is 6. The molecule has 1 aromatic carbocycles. The van der Waals surface area contributed by atoms with Gasteiger partial charge in [-0.3, -0.25) is 9.69 Å². The van der Waals surface area contributed by atoms with E-state index in [-0.39, 0.29) is 5.92 Å². The van der Waals surface area contributed by atoms with Gasteiger partial charge in [-0.15, -0.1) is 0 Å². The van der Waals surface area contributed by atoms with Crippen LogP contribution < -0.4 is 4.74 Å². The second-order valence-corrected chi connectivity index (χ2v) is 6.82. The molecule has 4 nitrogen and oxygen atoms in total. The van der Waals surface area contributed by atoms with Crippen molar-refractivity contribution < 1.29 is 9.53 Å². The Labute approximate surface area is 139 Å². The fourth-order valence-corrected chi connectivity index (χ4v) is 3.65. The van der Waals surface area contributed by atoms with Gasteiger partial charge in [0.1, 0.15) is 5.75 Å². The topological polar surface area (TPSA) is 32.8 Å². The third-order valence-corrected chi connectivity index (χ3v) is 5.12. The van der Waals surface area contributed by atoms with Crippen molar-refractivity contribution in [2.24, 2.45) is 5.92 Å². The summed E-state index contributed by atoms with van der Waals surface area (Å²) in [5.74, 6) is 1.21. The first-order valence-electron chi connectivity index (χ1n) is 8.95. The zero-order valence-electron chi connectivity index (χ0n) is 14.1. The van der Waals surface area contributed by atoms with E-state index in [1.54, 1.807) is 0 Å². The van der Waals surface area contributed by atoms with Crippen molar-refractivity contribution in [3.8, 4) is 5.75 Å². The Morgan fingerprint density at radius 3 is 2.70 bits per heavy atom. The van der Waals surface area contributed by atoms with E-state index in [1.807, 2.05) is 37.3 Å². The van der Waals surface area contributed by atoms with Crippen LogP contribution in [0.25, 0.3) is 0 Å². The van der Waals surface area contributed by atoms with Gasteiger partial charge in [-0.1, -0.05) is 25.1 Å². The fourth-order valence-electron chi connectivity index (χ4n) is 3.65. The summed E-state index contributed by atoms with van der Waals surface area (Å²) in [4.78, 5) is 17.2. The normalized spacial score (nSPS) is 23.2. The van der Waals surface area contributed by atoms with Crippen LogP contribution in [0.15, 0.2) is 30.3 Å². The van der Waals surface area contributed by atoms with E-state index < -0.39 is 0 Å². The Hall–Kier alpha value is -1.55. The van der Waals surface area contributed by atoms with Crippen molar-refractivity contribution in [1.29, 1.82) is 0 Å². The number of hydrogen-bond acceptors (Lipinski definition) is 3. The number of likely N-dealkylation sites (tertiary alicyclic amines) is 2. The summed E-state index contributed by atoms with van der Waals surface area (Å²) in [5.41, 5.74) is 0. The molecule has 2 atom stereocenters. The molecule has 126 valence electrons. The molecule has 3 rings (SSSR count). The SMILES string of the molecule is C[C@H](CCOc1ccccc1)C(=O)N1CC[C@@H](N2CCCC2)C1. The number of hydrogen-bond donors (Lipinski definition) is 0. The molecule has 2 aliphatic rings.